The number of likely N-dealkylation sites (tertiary alicyclic amines) is 1. The number of carbonyl (C=O) groups excluding carboxylic acids is 2. The molecule has 4 rings (SSSR count). The van der Waals surface area contributed by atoms with E-state index in [1.165, 1.54) is 38.5 Å². The van der Waals surface area contributed by atoms with Crippen molar-refractivity contribution >= 4 is 23.0 Å². The largest absolute Gasteiger partial charge is 0.412 e. The topological polar surface area (TPSA) is 79.7 Å². The van der Waals surface area contributed by atoms with E-state index in [1.54, 1.807) is 0 Å². The normalized spacial score (nSPS) is 13.8. The molecule has 0 radical (unpaired) electrons. The van der Waals surface area contributed by atoms with Crippen LogP contribution in [0.3, 0.4) is 0 Å². The Balaban J connectivity index is 1.45. The zero-order valence-electron chi connectivity index (χ0n) is 25.9. The maximum Gasteiger partial charge on any atom is 0.412 e. The van der Waals surface area contributed by atoms with Crippen LogP contribution in [-0.2, 0) is 13.0 Å². The van der Waals surface area contributed by atoms with Gasteiger partial charge in [0.2, 0.25) is 0 Å². The predicted molar refractivity (Wildman–Crippen MR) is 169 cm³/mol. The highest BCUT2D eigenvalue weighted by atomic mass is 16.6. The summed E-state index contributed by atoms with van der Waals surface area (Å²) in [4.78, 5) is 34.6. The average molecular weight is 576 g/mol. The molecule has 2 aromatic carbocycles. The van der Waals surface area contributed by atoms with E-state index in [9.17, 15) is 9.59 Å². The Morgan fingerprint density at radius 3 is 2.36 bits per heavy atom. The number of nitrogens with zero attached hydrogens (tertiary/aromatic N) is 4. The quantitative estimate of drug-likeness (QED) is 0.205. The summed E-state index contributed by atoms with van der Waals surface area (Å²) in [6, 6.07) is 13.6. The molecule has 2 amide bonds. The molecule has 228 valence electrons. The van der Waals surface area contributed by atoms with Gasteiger partial charge in [-0.2, -0.15) is 0 Å². The number of aromatic nitrogens is 2. The van der Waals surface area contributed by atoms with Crippen molar-refractivity contribution in [2.75, 3.05) is 39.3 Å². The van der Waals surface area contributed by atoms with Gasteiger partial charge in [0.05, 0.1) is 11.0 Å². The summed E-state index contributed by atoms with van der Waals surface area (Å²) in [5.41, 5.74) is 3.68. The molecule has 8 heteroatoms. The molecule has 1 fully saturated rings. The van der Waals surface area contributed by atoms with Crippen LogP contribution in [-0.4, -0.2) is 70.6 Å². The lowest BCUT2D eigenvalue weighted by atomic mass is 10.1. The van der Waals surface area contributed by atoms with Crippen molar-refractivity contribution in [1.29, 1.82) is 0 Å². The first kappa shape index (κ1) is 31.5. The van der Waals surface area contributed by atoms with Gasteiger partial charge in [-0.15, -0.1) is 0 Å². The fourth-order valence-corrected chi connectivity index (χ4v) is 5.74. The molecule has 0 atom stereocenters. The van der Waals surface area contributed by atoms with Gasteiger partial charge in [0.15, 0.2) is 0 Å². The molecule has 2 heterocycles. The number of benzene rings is 2. The minimum Gasteiger partial charge on any atom is -0.410 e. The maximum absolute atomic E-state index is 13.0. The maximum atomic E-state index is 13.0. The second-order valence-corrected chi connectivity index (χ2v) is 11.3. The number of ether oxygens (including phenoxy) is 1. The first-order chi connectivity index (χ1) is 20.5. The lowest BCUT2D eigenvalue weighted by molar-refractivity contribution is 0.0773. The molecule has 0 aliphatic carbocycles. The predicted octanol–water partition coefficient (Wildman–Crippen LogP) is 6.65. The number of fused-ring (bicyclic) bond motifs is 1. The van der Waals surface area contributed by atoms with Crippen LogP contribution in [0.15, 0.2) is 42.5 Å². The Morgan fingerprint density at radius 2 is 1.64 bits per heavy atom. The molecule has 1 aliphatic rings. The Bertz CT molecular complexity index is 1280. The van der Waals surface area contributed by atoms with Gasteiger partial charge in [0, 0.05) is 44.7 Å². The number of amides is 2. The zero-order chi connectivity index (χ0) is 29.7. The molecule has 0 saturated carbocycles. The third-order valence-corrected chi connectivity index (χ3v) is 8.26. The molecule has 42 heavy (non-hydrogen) atoms. The van der Waals surface area contributed by atoms with Gasteiger partial charge in [-0.1, -0.05) is 51.2 Å². The zero-order valence-corrected chi connectivity index (χ0v) is 25.9. The lowest BCUT2D eigenvalue weighted by Crippen LogP contribution is -2.32. The summed E-state index contributed by atoms with van der Waals surface area (Å²) in [6.45, 7) is 12.4. The highest BCUT2D eigenvalue weighted by Gasteiger charge is 2.18. The number of nitrogens with one attached hydrogen (secondary N) is 1. The van der Waals surface area contributed by atoms with E-state index in [-0.39, 0.29) is 5.91 Å². The average Bonchev–Trinajstić information content (AvgIpc) is 3.35. The molecular weight excluding hydrogens is 526 g/mol. The van der Waals surface area contributed by atoms with Crippen LogP contribution < -0.4 is 10.1 Å². The Labute approximate surface area is 251 Å². The second-order valence-electron chi connectivity index (χ2n) is 11.3. The van der Waals surface area contributed by atoms with Crippen LogP contribution in [0.1, 0.15) is 93.9 Å². The summed E-state index contributed by atoms with van der Waals surface area (Å²) in [5.74, 6) is 1.55. The van der Waals surface area contributed by atoms with Gasteiger partial charge in [-0.05, 0) is 82.1 Å². The number of carbonyl (C=O) groups is 2. The van der Waals surface area contributed by atoms with Crippen molar-refractivity contribution in [3.63, 3.8) is 0 Å². The summed E-state index contributed by atoms with van der Waals surface area (Å²) in [6.07, 6.45) is 9.84. The van der Waals surface area contributed by atoms with Crippen LogP contribution in [0, 0.1) is 0 Å². The van der Waals surface area contributed by atoms with E-state index in [0.29, 0.717) is 37.4 Å². The third kappa shape index (κ3) is 8.81. The summed E-state index contributed by atoms with van der Waals surface area (Å²) < 4.78 is 7.80. The Hall–Kier alpha value is -3.39. The van der Waals surface area contributed by atoms with Gasteiger partial charge in [0.1, 0.15) is 11.6 Å². The van der Waals surface area contributed by atoms with E-state index in [4.69, 9.17) is 9.72 Å². The first-order valence-electron chi connectivity index (χ1n) is 16.1. The fraction of sp³-hybridized carbons (Fsp3) is 0.559. The van der Waals surface area contributed by atoms with Crippen LogP contribution >= 0.6 is 0 Å². The van der Waals surface area contributed by atoms with Gasteiger partial charge < -0.3 is 24.4 Å². The van der Waals surface area contributed by atoms with Gasteiger partial charge in [-0.3, -0.25) is 4.79 Å². The van der Waals surface area contributed by atoms with E-state index >= 15 is 0 Å². The van der Waals surface area contributed by atoms with Gasteiger partial charge >= 0.3 is 6.09 Å². The van der Waals surface area contributed by atoms with E-state index in [0.717, 1.165) is 61.4 Å². The first-order valence-corrected chi connectivity index (χ1v) is 16.1. The number of unbranched alkanes of at least 4 members (excludes halogenated alkanes) is 4. The highest BCUT2D eigenvalue weighted by molar-refractivity contribution is 5.97. The second kappa shape index (κ2) is 16.3. The smallest absolute Gasteiger partial charge is 0.410 e. The minimum absolute atomic E-state index is 0.0439. The van der Waals surface area contributed by atoms with E-state index in [1.807, 2.05) is 55.1 Å². The molecule has 0 spiro atoms. The number of rotatable bonds is 15. The SMILES string of the molecule is CCCCCCCNC(=O)Oc1ccc(Cc2nc3cc(C(=O)N(CC)CC)ccc3n2CCN2CCCCC2)cc1. The Kier molecular flexibility index (Phi) is 12.2. The van der Waals surface area contributed by atoms with E-state index < -0.39 is 6.09 Å². The fourth-order valence-electron chi connectivity index (χ4n) is 5.74. The van der Waals surface area contributed by atoms with Gasteiger partial charge in [-0.25, -0.2) is 9.78 Å². The Morgan fingerprint density at radius 1 is 0.905 bits per heavy atom. The van der Waals surface area contributed by atoms with Crippen molar-refractivity contribution in [3.05, 3.63) is 59.4 Å². The molecule has 1 N–H and O–H groups in total. The summed E-state index contributed by atoms with van der Waals surface area (Å²) in [7, 11) is 0. The number of piperidine rings is 1. The molecule has 1 saturated heterocycles. The molecule has 1 aromatic heterocycles. The third-order valence-electron chi connectivity index (χ3n) is 8.26. The number of hydrogen-bond donors (Lipinski definition) is 1. The highest BCUT2D eigenvalue weighted by Crippen LogP contribution is 2.23. The van der Waals surface area contributed by atoms with E-state index in [2.05, 4.69) is 27.8 Å². The molecule has 8 nitrogen and oxygen atoms in total. The van der Waals surface area contributed by atoms with Crippen LogP contribution in [0.5, 0.6) is 5.75 Å². The van der Waals surface area contributed by atoms with Gasteiger partial charge in [0.25, 0.3) is 5.91 Å². The van der Waals surface area contributed by atoms with Crippen LogP contribution in [0.2, 0.25) is 0 Å². The molecule has 1 aliphatic heterocycles. The molecule has 3 aromatic rings. The van der Waals surface area contributed by atoms with Crippen molar-refractivity contribution in [3.8, 4) is 5.75 Å². The number of hydrogen-bond acceptors (Lipinski definition) is 5. The van der Waals surface area contributed by atoms with Crippen LogP contribution in [0.4, 0.5) is 4.79 Å². The molecular formula is C34H49N5O3. The summed E-state index contributed by atoms with van der Waals surface area (Å²) in [5, 5.41) is 2.85. The standard InChI is InChI=1S/C34H49N5O3/c1-4-7-8-9-11-20-35-34(41)42-29-17-14-27(15-18-29)25-32-36-30-26-28(33(40)38(5-2)6-3)16-19-31(30)39(32)24-23-37-21-12-10-13-22-37/h14-19,26H,4-13,20-25H2,1-3H3,(H,35,41). The van der Waals surface area contributed by atoms with Crippen molar-refractivity contribution < 1.29 is 14.3 Å². The van der Waals surface area contributed by atoms with Crippen molar-refractivity contribution in [1.82, 2.24) is 24.7 Å². The molecule has 0 bridgehead atoms. The van der Waals surface area contributed by atoms with Crippen molar-refractivity contribution in [2.24, 2.45) is 0 Å². The minimum atomic E-state index is -0.409. The number of imidazole rings is 1. The summed E-state index contributed by atoms with van der Waals surface area (Å²) >= 11 is 0. The lowest BCUT2D eigenvalue weighted by Gasteiger charge is -2.26. The van der Waals surface area contributed by atoms with Crippen LogP contribution in [0.25, 0.3) is 11.0 Å². The molecule has 0 unspecified atom stereocenters. The van der Waals surface area contributed by atoms with Crippen molar-refractivity contribution in [2.45, 2.75) is 85.1 Å². The monoisotopic (exact) mass is 575 g/mol.